The van der Waals surface area contributed by atoms with Crippen molar-refractivity contribution in [1.29, 1.82) is 0 Å². The van der Waals surface area contributed by atoms with Crippen LogP contribution in [0, 0.1) is 0 Å². The van der Waals surface area contributed by atoms with Crippen molar-refractivity contribution in [2.45, 2.75) is 25.3 Å². The van der Waals surface area contributed by atoms with Crippen LogP contribution in [0.15, 0.2) is 22.9 Å². The average Bonchev–Trinajstić information content (AvgIpc) is 3.02. The second-order valence-electron chi connectivity index (χ2n) is 5.05. The van der Waals surface area contributed by atoms with Crippen LogP contribution >= 0.6 is 22.7 Å². The summed E-state index contributed by atoms with van der Waals surface area (Å²) in [6, 6.07) is 4.00. The summed E-state index contributed by atoms with van der Waals surface area (Å²) in [5, 5.41) is 7.16. The third-order valence-electron chi connectivity index (χ3n) is 3.06. The zero-order valence-electron chi connectivity index (χ0n) is 12.0. The number of hydrazine groups is 1. The van der Waals surface area contributed by atoms with Gasteiger partial charge in [-0.2, -0.15) is 0 Å². The standard InChI is InChI=1S/C14H14N4O3S2/c19-11(17-18-13(21)12(20)15-8-3-4-8)6-9-7-23-14(16-9)10-2-1-5-22-10/h1-2,5,7-8H,3-4,6H2,(H,15,20)(H,17,19)(H,18,21). The molecule has 0 aliphatic heterocycles. The largest absolute Gasteiger partial charge is 0.345 e. The number of thiazole rings is 1. The first-order valence-electron chi connectivity index (χ1n) is 7.00. The van der Waals surface area contributed by atoms with Crippen molar-refractivity contribution in [2.75, 3.05) is 0 Å². The molecule has 3 amide bonds. The lowest BCUT2D eigenvalue weighted by Crippen LogP contribution is -2.49. The SMILES string of the molecule is O=C(Cc1csc(-c2cccs2)n1)NNC(=O)C(=O)NC1CC1. The zero-order chi connectivity index (χ0) is 16.2. The van der Waals surface area contributed by atoms with Crippen molar-refractivity contribution >= 4 is 40.4 Å². The van der Waals surface area contributed by atoms with E-state index in [1.54, 1.807) is 16.7 Å². The summed E-state index contributed by atoms with van der Waals surface area (Å²) in [5.74, 6) is -2.04. The van der Waals surface area contributed by atoms with Gasteiger partial charge < -0.3 is 5.32 Å². The van der Waals surface area contributed by atoms with E-state index in [9.17, 15) is 14.4 Å². The molecule has 1 saturated carbocycles. The number of hydrogen-bond acceptors (Lipinski definition) is 6. The molecule has 0 atom stereocenters. The molecule has 2 heterocycles. The van der Waals surface area contributed by atoms with Crippen LogP contribution in [0.1, 0.15) is 18.5 Å². The molecule has 1 aliphatic rings. The number of amides is 3. The van der Waals surface area contributed by atoms with Gasteiger partial charge in [-0.3, -0.25) is 25.2 Å². The summed E-state index contributed by atoms with van der Waals surface area (Å²) in [4.78, 5) is 40.1. The van der Waals surface area contributed by atoms with Gasteiger partial charge in [0.2, 0.25) is 5.91 Å². The molecule has 0 spiro atoms. The summed E-state index contributed by atoms with van der Waals surface area (Å²) in [6.45, 7) is 0. The molecule has 2 aromatic rings. The summed E-state index contributed by atoms with van der Waals surface area (Å²) in [6.07, 6.45) is 1.82. The highest BCUT2D eigenvalue weighted by Crippen LogP contribution is 2.27. The Morgan fingerprint density at radius 2 is 2.00 bits per heavy atom. The molecule has 120 valence electrons. The van der Waals surface area contributed by atoms with Crippen LogP contribution in [0.25, 0.3) is 9.88 Å². The molecule has 9 heteroatoms. The average molecular weight is 350 g/mol. The maximum atomic E-state index is 11.8. The van der Waals surface area contributed by atoms with E-state index in [0.717, 1.165) is 22.7 Å². The molecule has 0 aromatic carbocycles. The van der Waals surface area contributed by atoms with E-state index in [4.69, 9.17) is 0 Å². The number of carbonyl (C=O) groups excluding carboxylic acids is 3. The first-order chi connectivity index (χ1) is 11.1. The Balaban J connectivity index is 1.45. The monoisotopic (exact) mass is 350 g/mol. The van der Waals surface area contributed by atoms with Gasteiger partial charge in [0.15, 0.2) is 0 Å². The Hall–Kier alpha value is -2.26. The smallest absolute Gasteiger partial charge is 0.327 e. The molecule has 2 aromatic heterocycles. The lowest BCUT2D eigenvalue weighted by Gasteiger charge is -2.06. The Morgan fingerprint density at radius 1 is 1.17 bits per heavy atom. The number of aromatic nitrogens is 1. The molecule has 0 saturated heterocycles. The predicted molar refractivity (Wildman–Crippen MR) is 86.6 cm³/mol. The van der Waals surface area contributed by atoms with Crippen molar-refractivity contribution in [3.63, 3.8) is 0 Å². The van der Waals surface area contributed by atoms with Crippen LogP contribution in [-0.2, 0) is 20.8 Å². The number of nitrogens with zero attached hydrogens (tertiary/aromatic N) is 1. The molecule has 7 nitrogen and oxygen atoms in total. The van der Waals surface area contributed by atoms with Crippen LogP contribution in [-0.4, -0.2) is 28.7 Å². The highest BCUT2D eigenvalue weighted by atomic mass is 32.1. The van der Waals surface area contributed by atoms with E-state index in [2.05, 4.69) is 21.2 Å². The molecule has 0 radical (unpaired) electrons. The van der Waals surface area contributed by atoms with E-state index in [1.165, 1.54) is 11.3 Å². The van der Waals surface area contributed by atoms with Gasteiger partial charge in [0.25, 0.3) is 0 Å². The first-order valence-corrected chi connectivity index (χ1v) is 8.75. The predicted octanol–water partition coefficient (Wildman–Crippen LogP) is 0.840. The molecule has 23 heavy (non-hydrogen) atoms. The number of rotatable bonds is 4. The van der Waals surface area contributed by atoms with Gasteiger partial charge in [0, 0.05) is 11.4 Å². The maximum absolute atomic E-state index is 11.8. The van der Waals surface area contributed by atoms with E-state index >= 15 is 0 Å². The lowest BCUT2D eigenvalue weighted by atomic mass is 10.3. The van der Waals surface area contributed by atoms with Gasteiger partial charge in [-0.25, -0.2) is 4.98 Å². The molecule has 0 unspecified atom stereocenters. The van der Waals surface area contributed by atoms with Crippen LogP contribution in [0.2, 0.25) is 0 Å². The lowest BCUT2D eigenvalue weighted by molar-refractivity contribution is -0.140. The minimum atomic E-state index is -0.872. The van der Waals surface area contributed by atoms with Crippen molar-refractivity contribution in [1.82, 2.24) is 21.2 Å². The molecule has 3 rings (SSSR count). The quantitative estimate of drug-likeness (QED) is 0.562. The number of nitrogens with one attached hydrogen (secondary N) is 3. The Bertz CT molecular complexity index is 722. The fourth-order valence-electron chi connectivity index (χ4n) is 1.77. The summed E-state index contributed by atoms with van der Waals surface area (Å²) < 4.78 is 0. The second kappa shape index (κ2) is 6.88. The van der Waals surface area contributed by atoms with E-state index < -0.39 is 17.7 Å². The Kier molecular flexibility index (Phi) is 4.68. The number of hydrogen-bond donors (Lipinski definition) is 3. The maximum Gasteiger partial charge on any atom is 0.327 e. The van der Waals surface area contributed by atoms with E-state index in [1.807, 2.05) is 17.5 Å². The molecule has 0 bridgehead atoms. The van der Waals surface area contributed by atoms with Crippen molar-refractivity contribution in [3.8, 4) is 9.88 Å². The van der Waals surface area contributed by atoms with Crippen molar-refractivity contribution < 1.29 is 14.4 Å². The van der Waals surface area contributed by atoms with Crippen molar-refractivity contribution in [2.24, 2.45) is 0 Å². The minimum Gasteiger partial charge on any atom is -0.345 e. The van der Waals surface area contributed by atoms with Crippen LogP contribution in [0.4, 0.5) is 0 Å². The zero-order valence-corrected chi connectivity index (χ0v) is 13.6. The van der Waals surface area contributed by atoms with Gasteiger partial charge in [-0.1, -0.05) is 6.07 Å². The molecule has 3 N–H and O–H groups in total. The van der Waals surface area contributed by atoms with Gasteiger partial charge in [0.05, 0.1) is 17.0 Å². The van der Waals surface area contributed by atoms with E-state index in [-0.39, 0.29) is 12.5 Å². The molecule has 1 fully saturated rings. The van der Waals surface area contributed by atoms with Crippen LogP contribution in [0.5, 0.6) is 0 Å². The van der Waals surface area contributed by atoms with Gasteiger partial charge in [0.1, 0.15) is 5.01 Å². The molecular formula is C14H14N4O3S2. The van der Waals surface area contributed by atoms with Crippen LogP contribution < -0.4 is 16.2 Å². The van der Waals surface area contributed by atoms with Gasteiger partial charge in [-0.15, -0.1) is 22.7 Å². The Labute approximate surface area is 140 Å². The summed E-state index contributed by atoms with van der Waals surface area (Å²) >= 11 is 3.04. The molecular weight excluding hydrogens is 336 g/mol. The first kappa shape index (κ1) is 15.6. The highest BCUT2D eigenvalue weighted by molar-refractivity contribution is 7.20. The summed E-state index contributed by atoms with van der Waals surface area (Å²) in [7, 11) is 0. The minimum absolute atomic E-state index is 0.0341. The Morgan fingerprint density at radius 3 is 2.70 bits per heavy atom. The highest BCUT2D eigenvalue weighted by Gasteiger charge is 2.26. The number of thiophene rings is 1. The summed E-state index contributed by atoms with van der Waals surface area (Å²) in [5.41, 5.74) is 4.93. The van der Waals surface area contributed by atoms with E-state index in [0.29, 0.717) is 5.69 Å². The van der Waals surface area contributed by atoms with Crippen LogP contribution in [0.3, 0.4) is 0 Å². The fourth-order valence-corrected chi connectivity index (χ4v) is 3.41. The third kappa shape index (κ3) is 4.36. The third-order valence-corrected chi connectivity index (χ3v) is 4.99. The fraction of sp³-hybridized carbons (Fsp3) is 0.286. The van der Waals surface area contributed by atoms with Crippen molar-refractivity contribution in [3.05, 3.63) is 28.6 Å². The number of carbonyl (C=O) groups is 3. The normalized spacial score (nSPS) is 13.4. The van der Waals surface area contributed by atoms with Gasteiger partial charge >= 0.3 is 11.8 Å². The molecule has 1 aliphatic carbocycles. The van der Waals surface area contributed by atoms with Gasteiger partial charge in [-0.05, 0) is 24.3 Å². The topological polar surface area (TPSA) is 100 Å². The second-order valence-corrected chi connectivity index (χ2v) is 6.85.